The summed E-state index contributed by atoms with van der Waals surface area (Å²) in [7, 11) is 0. The molecule has 0 aliphatic heterocycles. The van der Waals surface area contributed by atoms with Gasteiger partial charge in [0, 0.05) is 25.9 Å². The second kappa shape index (κ2) is 11.5. The fraction of sp³-hybridized carbons (Fsp3) is 0.364. The number of phenolic OH excluding ortho intramolecular Hbond substituents is 4. The zero-order valence-corrected chi connectivity index (χ0v) is 16.7. The highest BCUT2D eigenvalue weighted by Crippen LogP contribution is 2.25. The second-order valence-corrected chi connectivity index (χ2v) is 7.05. The van der Waals surface area contributed by atoms with Crippen LogP contribution in [0.2, 0.25) is 0 Å². The van der Waals surface area contributed by atoms with Crippen molar-refractivity contribution < 1.29 is 30.0 Å². The summed E-state index contributed by atoms with van der Waals surface area (Å²) in [6.07, 6.45) is 2.96. The molecule has 0 heterocycles. The van der Waals surface area contributed by atoms with Crippen LogP contribution < -0.4 is 10.6 Å². The van der Waals surface area contributed by atoms with E-state index in [0.29, 0.717) is 51.6 Å². The first-order chi connectivity index (χ1) is 14.3. The molecule has 2 aromatic carbocycles. The van der Waals surface area contributed by atoms with E-state index >= 15 is 0 Å². The van der Waals surface area contributed by atoms with Crippen LogP contribution in [0.15, 0.2) is 36.4 Å². The van der Waals surface area contributed by atoms with Gasteiger partial charge < -0.3 is 31.1 Å². The van der Waals surface area contributed by atoms with Gasteiger partial charge in [0.1, 0.15) is 0 Å². The molecule has 0 saturated heterocycles. The Hall–Kier alpha value is -3.42. The third-order valence-electron chi connectivity index (χ3n) is 4.61. The van der Waals surface area contributed by atoms with Crippen LogP contribution in [0.1, 0.15) is 36.8 Å². The van der Waals surface area contributed by atoms with Gasteiger partial charge in [-0.3, -0.25) is 9.59 Å². The van der Waals surface area contributed by atoms with Crippen LogP contribution in [-0.2, 0) is 22.4 Å². The molecule has 8 heteroatoms. The van der Waals surface area contributed by atoms with E-state index in [9.17, 15) is 30.0 Å². The Morgan fingerprint density at radius 1 is 0.633 bits per heavy atom. The van der Waals surface area contributed by atoms with Gasteiger partial charge in [0.25, 0.3) is 0 Å². The Morgan fingerprint density at radius 2 is 1.03 bits per heavy atom. The number of benzene rings is 2. The lowest BCUT2D eigenvalue weighted by molar-refractivity contribution is -0.123. The number of aromatic hydroxyl groups is 4. The topological polar surface area (TPSA) is 139 Å². The molecule has 30 heavy (non-hydrogen) atoms. The van der Waals surface area contributed by atoms with Gasteiger partial charge in [0.15, 0.2) is 23.0 Å². The van der Waals surface area contributed by atoms with Crippen molar-refractivity contribution >= 4 is 11.8 Å². The molecule has 6 N–H and O–H groups in total. The number of hydrogen-bond donors (Lipinski definition) is 6. The van der Waals surface area contributed by atoms with Gasteiger partial charge in [-0.25, -0.2) is 0 Å². The predicted molar refractivity (Wildman–Crippen MR) is 111 cm³/mol. The first-order valence-corrected chi connectivity index (χ1v) is 9.90. The summed E-state index contributed by atoms with van der Waals surface area (Å²) < 4.78 is 0. The van der Waals surface area contributed by atoms with Gasteiger partial charge >= 0.3 is 0 Å². The van der Waals surface area contributed by atoms with Crippen molar-refractivity contribution in [1.82, 2.24) is 10.6 Å². The first-order valence-electron chi connectivity index (χ1n) is 9.90. The molecule has 8 nitrogen and oxygen atoms in total. The average Bonchev–Trinajstić information content (AvgIpc) is 2.71. The molecule has 2 aromatic rings. The number of amides is 2. The highest BCUT2D eigenvalue weighted by molar-refractivity contribution is 5.77. The lowest BCUT2D eigenvalue weighted by atomic mass is 10.1. The standard InChI is InChI=1S/C22H28N2O6/c25-17-7-5-15(13-19(17)27)9-11-23-21(29)3-1-2-4-22(30)24-12-10-16-6-8-18(26)20(28)14-16/h5-8,13-14,25-28H,1-4,9-12H2,(H,23,29)(H,24,30). The third kappa shape index (κ3) is 7.90. The highest BCUT2D eigenvalue weighted by atomic mass is 16.3. The second-order valence-electron chi connectivity index (χ2n) is 7.05. The van der Waals surface area contributed by atoms with E-state index in [4.69, 9.17) is 0 Å². The van der Waals surface area contributed by atoms with Crippen molar-refractivity contribution in [2.45, 2.75) is 38.5 Å². The Balaban J connectivity index is 1.52. The van der Waals surface area contributed by atoms with Gasteiger partial charge in [-0.15, -0.1) is 0 Å². The monoisotopic (exact) mass is 416 g/mol. The maximum absolute atomic E-state index is 11.8. The van der Waals surface area contributed by atoms with Crippen LogP contribution in [0.4, 0.5) is 0 Å². The van der Waals surface area contributed by atoms with Crippen LogP contribution in [0.3, 0.4) is 0 Å². The van der Waals surface area contributed by atoms with Crippen LogP contribution in [0, 0.1) is 0 Å². The van der Waals surface area contributed by atoms with E-state index in [0.717, 1.165) is 11.1 Å². The normalized spacial score (nSPS) is 10.5. The molecule has 0 radical (unpaired) electrons. The number of unbranched alkanes of at least 4 members (excludes halogenated alkanes) is 1. The molecule has 0 aliphatic carbocycles. The molecule has 2 amide bonds. The van der Waals surface area contributed by atoms with Gasteiger partial charge in [-0.2, -0.15) is 0 Å². The Bertz CT molecular complexity index is 797. The van der Waals surface area contributed by atoms with Crippen molar-refractivity contribution in [3.63, 3.8) is 0 Å². The maximum Gasteiger partial charge on any atom is 0.220 e. The lowest BCUT2D eigenvalue weighted by Crippen LogP contribution is -2.26. The number of rotatable bonds is 11. The van der Waals surface area contributed by atoms with E-state index in [1.807, 2.05) is 0 Å². The molecule has 0 saturated carbocycles. The van der Waals surface area contributed by atoms with Crippen LogP contribution >= 0.6 is 0 Å². The summed E-state index contributed by atoms with van der Waals surface area (Å²) in [4.78, 5) is 23.7. The van der Waals surface area contributed by atoms with Crippen molar-refractivity contribution in [2.24, 2.45) is 0 Å². The average molecular weight is 416 g/mol. The Morgan fingerprint density at radius 3 is 1.40 bits per heavy atom. The minimum Gasteiger partial charge on any atom is -0.504 e. The lowest BCUT2D eigenvalue weighted by Gasteiger charge is -2.07. The summed E-state index contributed by atoms with van der Waals surface area (Å²) in [5.74, 6) is -0.898. The van der Waals surface area contributed by atoms with Gasteiger partial charge in [-0.05, 0) is 61.1 Å². The van der Waals surface area contributed by atoms with E-state index in [1.54, 1.807) is 12.1 Å². The molecule has 0 fully saturated rings. The van der Waals surface area contributed by atoms with Crippen molar-refractivity contribution in [2.75, 3.05) is 13.1 Å². The molecule has 0 atom stereocenters. The van der Waals surface area contributed by atoms with Crippen LogP contribution in [0.5, 0.6) is 23.0 Å². The first kappa shape index (κ1) is 22.9. The fourth-order valence-corrected chi connectivity index (χ4v) is 2.89. The highest BCUT2D eigenvalue weighted by Gasteiger charge is 2.06. The minimum atomic E-state index is -0.182. The SMILES string of the molecule is O=C(CCCCC(=O)NCCc1ccc(O)c(O)c1)NCCc1ccc(O)c(O)c1. The quantitative estimate of drug-likeness (QED) is 0.245. The summed E-state index contributed by atoms with van der Waals surface area (Å²) >= 11 is 0. The molecule has 162 valence electrons. The number of carbonyl (C=O) groups is 2. The van der Waals surface area contributed by atoms with E-state index in [-0.39, 0.29) is 34.8 Å². The molecular formula is C22H28N2O6. The molecule has 2 rings (SSSR count). The van der Waals surface area contributed by atoms with E-state index < -0.39 is 0 Å². The summed E-state index contributed by atoms with van der Waals surface area (Å²) in [5.41, 5.74) is 1.62. The van der Waals surface area contributed by atoms with Crippen LogP contribution in [-0.4, -0.2) is 45.3 Å². The molecule has 0 spiro atoms. The van der Waals surface area contributed by atoms with Gasteiger partial charge in [0.2, 0.25) is 11.8 Å². The third-order valence-corrected chi connectivity index (χ3v) is 4.61. The predicted octanol–water partition coefficient (Wildman–Crippen LogP) is 2.09. The van der Waals surface area contributed by atoms with Crippen molar-refractivity contribution in [3.8, 4) is 23.0 Å². The van der Waals surface area contributed by atoms with Gasteiger partial charge in [0.05, 0.1) is 0 Å². The van der Waals surface area contributed by atoms with Crippen LogP contribution in [0.25, 0.3) is 0 Å². The van der Waals surface area contributed by atoms with Gasteiger partial charge in [-0.1, -0.05) is 12.1 Å². The van der Waals surface area contributed by atoms with Crippen molar-refractivity contribution in [3.05, 3.63) is 47.5 Å². The molecular weight excluding hydrogens is 388 g/mol. The fourth-order valence-electron chi connectivity index (χ4n) is 2.89. The molecule has 0 aliphatic rings. The number of hydrogen-bond acceptors (Lipinski definition) is 6. The van der Waals surface area contributed by atoms with E-state index in [1.165, 1.54) is 24.3 Å². The number of nitrogens with one attached hydrogen (secondary N) is 2. The molecule has 0 bridgehead atoms. The number of carbonyl (C=O) groups excluding carboxylic acids is 2. The molecule has 0 aromatic heterocycles. The largest absolute Gasteiger partial charge is 0.504 e. The van der Waals surface area contributed by atoms with E-state index in [2.05, 4.69) is 10.6 Å². The zero-order valence-electron chi connectivity index (χ0n) is 16.7. The minimum absolute atomic E-state index is 0.0921. The number of phenols is 4. The zero-order chi connectivity index (χ0) is 21.9. The maximum atomic E-state index is 11.8. The smallest absolute Gasteiger partial charge is 0.220 e. The molecule has 0 unspecified atom stereocenters. The Kier molecular flexibility index (Phi) is 8.80. The summed E-state index contributed by atoms with van der Waals surface area (Å²) in [6.45, 7) is 0.854. The van der Waals surface area contributed by atoms with Crippen molar-refractivity contribution in [1.29, 1.82) is 0 Å². The Labute approximate surface area is 175 Å². The summed E-state index contributed by atoms with van der Waals surface area (Å²) in [5, 5.41) is 43.0. The summed E-state index contributed by atoms with van der Waals surface area (Å²) in [6, 6.07) is 9.11.